The molecule has 0 saturated carbocycles. The maximum absolute atomic E-state index is 5.77. The van der Waals surface area contributed by atoms with E-state index in [1.165, 1.54) is 0 Å². The molecule has 2 rings (SSSR count). The molecule has 0 atom stereocenters. The molecule has 1 fully saturated rings. The topological polar surface area (TPSA) is 19.4 Å². The number of rotatable bonds is 1. The fraction of sp³-hybridized carbons (Fsp3) is 0.400. The van der Waals surface area contributed by atoms with Gasteiger partial charge in [0.25, 0.3) is 0 Å². The summed E-state index contributed by atoms with van der Waals surface area (Å²) >= 11 is 5.77. The van der Waals surface area contributed by atoms with E-state index in [0.29, 0.717) is 5.02 Å². The number of nitrogens with zero attached hydrogens (tertiary/aromatic N) is 3. The fourth-order valence-corrected chi connectivity index (χ4v) is 1.64. The summed E-state index contributed by atoms with van der Waals surface area (Å²) in [6.45, 7) is 3.95. The molecule has 1 aromatic rings. The highest BCUT2D eigenvalue weighted by Gasteiger charge is 2.11. The molecule has 1 aliphatic heterocycles. The minimum atomic E-state index is 0.685. The van der Waals surface area contributed by atoms with E-state index < -0.39 is 0 Å². The second-order valence-corrected chi connectivity index (χ2v) is 3.88. The molecule has 2 heterocycles. The predicted molar refractivity (Wildman–Crippen MR) is 58.4 cm³/mol. The van der Waals surface area contributed by atoms with Crippen LogP contribution >= 0.6 is 11.6 Å². The second-order valence-electron chi connectivity index (χ2n) is 3.44. The number of hydrogen-bond acceptors (Lipinski definition) is 3. The Kier molecular flexibility index (Phi) is 2.89. The molecule has 4 heteroatoms. The number of piperazine rings is 1. The van der Waals surface area contributed by atoms with Crippen molar-refractivity contribution in [1.29, 1.82) is 0 Å². The van der Waals surface area contributed by atoms with Crippen LogP contribution in [0.5, 0.6) is 0 Å². The van der Waals surface area contributed by atoms with Gasteiger partial charge < -0.3 is 9.80 Å². The molecule has 1 saturated heterocycles. The lowest BCUT2D eigenvalue weighted by Gasteiger charge is -2.37. The quantitative estimate of drug-likeness (QED) is 0.658. The van der Waals surface area contributed by atoms with Gasteiger partial charge in [-0.15, -0.1) is 0 Å². The molecule has 0 spiro atoms. The normalized spacial score (nSPS) is 18.6. The minimum absolute atomic E-state index is 0.685. The van der Waals surface area contributed by atoms with E-state index in [1.807, 2.05) is 12.1 Å². The number of anilines is 1. The van der Waals surface area contributed by atoms with Crippen molar-refractivity contribution < 1.29 is 0 Å². The smallest absolute Gasteiger partial charge is 0.128 e. The molecule has 0 bridgehead atoms. The van der Waals surface area contributed by atoms with Gasteiger partial charge in [0.15, 0.2) is 0 Å². The summed E-state index contributed by atoms with van der Waals surface area (Å²) in [4.78, 5) is 8.61. The van der Waals surface area contributed by atoms with Crippen LogP contribution in [0, 0.1) is 7.05 Å². The van der Waals surface area contributed by atoms with Crippen molar-refractivity contribution in [1.82, 2.24) is 9.88 Å². The van der Waals surface area contributed by atoms with Crippen molar-refractivity contribution in [3.63, 3.8) is 0 Å². The maximum Gasteiger partial charge on any atom is 0.128 e. The molecule has 0 amide bonds. The Labute approximate surface area is 89.3 Å². The van der Waals surface area contributed by atoms with Crippen LogP contribution < -0.4 is 4.90 Å². The van der Waals surface area contributed by atoms with Gasteiger partial charge in [-0.1, -0.05) is 11.6 Å². The average Bonchev–Trinajstić information content (AvgIpc) is 2.21. The first-order valence-electron chi connectivity index (χ1n) is 4.67. The molecule has 0 aromatic carbocycles. The monoisotopic (exact) mass is 210 g/mol. The molecule has 0 radical (unpaired) electrons. The van der Waals surface area contributed by atoms with Gasteiger partial charge in [0, 0.05) is 19.3 Å². The van der Waals surface area contributed by atoms with Crippen LogP contribution in [0.4, 0.5) is 5.82 Å². The van der Waals surface area contributed by atoms with E-state index >= 15 is 0 Å². The van der Waals surface area contributed by atoms with Crippen molar-refractivity contribution in [3.8, 4) is 0 Å². The van der Waals surface area contributed by atoms with Gasteiger partial charge in [0.1, 0.15) is 5.82 Å². The van der Waals surface area contributed by atoms with E-state index in [4.69, 9.17) is 11.6 Å². The van der Waals surface area contributed by atoms with Gasteiger partial charge in [-0.3, -0.25) is 7.05 Å². The first-order chi connectivity index (χ1) is 6.75. The summed E-state index contributed by atoms with van der Waals surface area (Å²) in [6.07, 6.45) is 1.69. The van der Waals surface area contributed by atoms with Crippen molar-refractivity contribution in [2.45, 2.75) is 0 Å². The minimum Gasteiger partial charge on any atom is -0.456 e. The van der Waals surface area contributed by atoms with E-state index in [9.17, 15) is 0 Å². The molecular formula is C10H13ClN3-. The Morgan fingerprint density at radius 2 is 1.93 bits per heavy atom. The Morgan fingerprint density at radius 3 is 2.50 bits per heavy atom. The van der Waals surface area contributed by atoms with Crippen molar-refractivity contribution >= 4 is 17.4 Å². The summed E-state index contributed by atoms with van der Waals surface area (Å²) in [7, 11) is 3.90. The first kappa shape index (κ1) is 9.74. The average molecular weight is 211 g/mol. The molecule has 0 unspecified atom stereocenters. The molecule has 1 aromatic heterocycles. The van der Waals surface area contributed by atoms with Gasteiger partial charge in [0.2, 0.25) is 0 Å². The zero-order chi connectivity index (χ0) is 9.97. The van der Waals surface area contributed by atoms with Gasteiger partial charge in [0.05, 0.1) is 5.02 Å². The SMILES string of the molecule is [CH2-]N1CCN(c2ccc(Cl)cn2)CC1. The number of pyridine rings is 1. The van der Waals surface area contributed by atoms with Gasteiger partial charge in [-0.05, 0) is 25.2 Å². The molecule has 1 aliphatic rings. The van der Waals surface area contributed by atoms with Crippen LogP contribution in [0.25, 0.3) is 0 Å². The largest absolute Gasteiger partial charge is 0.456 e. The Bertz CT molecular complexity index is 291. The van der Waals surface area contributed by atoms with Gasteiger partial charge >= 0.3 is 0 Å². The molecular weight excluding hydrogens is 198 g/mol. The van der Waals surface area contributed by atoms with Crippen LogP contribution in [0.3, 0.4) is 0 Å². The first-order valence-corrected chi connectivity index (χ1v) is 5.05. The van der Waals surface area contributed by atoms with Crippen LogP contribution in [-0.2, 0) is 0 Å². The standard InChI is InChI=1S/C10H13ClN3/c1-13-4-6-14(7-5-13)10-3-2-9(11)8-12-10/h2-3,8H,1,4-7H2/q-1. The van der Waals surface area contributed by atoms with Gasteiger partial charge in [-0.25, -0.2) is 4.98 Å². The Morgan fingerprint density at radius 1 is 1.21 bits per heavy atom. The third kappa shape index (κ3) is 2.16. The highest BCUT2D eigenvalue weighted by molar-refractivity contribution is 6.30. The highest BCUT2D eigenvalue weighted by atomic mass is 35.5. The van der Waals surface area contributed by atoms with E-state index in [0.717, 1.165) is 32.0 Å². The van der Waals surface area contributed by atoms with Crippen LogP contribution in [-0.4, -0.2) is 36.1 Å². The molecule has 76 valence electrons. The van der Waals surface area contributed by atoms with Gasteiger partial charge in [-0.2, -0.15) is 0 Å². The highest BCUT2D eigenvalue weighted by Crippen LogP contribution is 2.15. The molecule has 3 nitrogen and oxygen atoms in total. The summed E-state index contributed by atoms with van der Waals surface area (Å²) < 4.78 is 0. The summed E-state index contributed by atoms with van der Waals surface area (Å²) in [6, 6.07) is 3.83. The summed E-state index contributed by atoms with van der Waals surface area (Å²) in [5.41, 5.74) is 0. The third-order valence-corrected chi connectivity index (χ3v) is 2.63. The lowest BCUT2D eigenvalue weighted by molar-refractivity contribution is 0.343. The van der Waals surface area contributed by atoms with E-state index in [2.05, 4.69) is 21.8 Å². The maximum atomic E-state index is 5.77. The fourth-order valence-electron chi connectivity index (χ4n) is 1.53. The Balaban J connectivity index is 2.05. The summed E-state index contributed by atoms with van der Waals surface area (Å²) in [5, 5.41) is 0.685. The molecule has 0 N–H and O–H groups in total. The third-order valence-electron chi connectivity index (χ3n) is 2.41. The van der Waals surface area contributed by atoms with E-state index in [1.54, 1.807) is 6.20 Å². The zero-order valence-electron chi connectivity index (χ0n) is 7.99. The van der Waals surface area contributed by atoms with Crippen LogP contribution in [0.15, 0.2) is 18.3 Å². The zero-order valence-corrected chi connectivity index (χ0v) is 8.74. The Hall–Kier alpha value is -0.800. The van der Waals surface area contributed by atoms with Crippen molar-refractivity contribution in [3.05, 3.63) is 30.4 Å². The summed E-state index contributed by atoms with van der Waals surface area (Å²) in [5.74, 6) is 1.00. The molecule has 0 aliphatic carbocycles. The van der Waals surface area contributed by atoms with Crippen LogP contribution in [0.1, 0.15) is 0 Å². The lowest BCUT2D eigenvalue weighted by atomic mass is 10.3. The second kappa shape index (κ2) is 4.15. The number of aromatic nitrogens is 1. The number of hydrogen-bond donors (Lipinski definition) is 0. The number of halogens is 1. The van der Waals surface area contributed by atoms with Crippen molar-refractivity contribution in [2.75, 3.05) is 31.1 Å². The lowest BCUT2D eigenvalue weighted by Crippen LogP contribution is -2.43. The predicted octanol–water partition coefficient (Wildman–Crippen LogP) is 1.65. The molecule has 14 heavy (non-hydrogen) atoms. The van der Waals surface area contributed by atoms with E-state index in [-0.39, 0.29) is 0 Å². The van der Waals surface area contributed by atoms with Crippen LogP contribution in [0.2, 0.25) is 5.02 Å². The van der Waals surface area contributed by atoms with Crippen molar-refractivity contribution in [2.24, 2.45) is 0 Å².